The molecule has 2 nitrogen and oxygen atoms in total. The molecule has 0 spiro atoms. The van der Waals surface area contributed by atoms with Crippen molar-refractivity contribution in [3.05, 3.63) is 29.8 Å². The molecule has 0 bridgehead atoms. The normalized spacial score (nSPS) is 22.8. The molecule has 1 aromatic carbocycles. The predicted molar refractivity (Wildman–Crippen MR) is 57.2 cm³/mol. The van der Waals surface area contributed by atoms with Gasteiger partial charge in [-0.05, 0) is 36.6 Å². The maximum Gasteiger partial charge on any atom is 0.115 e. The molecule has 1 aromatic rings. The van der Waals surface area contributed by atoms with Gasteiger partial charge in [0, 0.05) is 13.1 Å². The maximum absolute atomic E-state index is 9.15. The summed E-state index contributed by atoms with van der Waals surface area (Å²) in [5.74, 6) is 1.19. The number of aromatic hydroxyl groups is 1. The van der Waals surface area contributed by atoms with Gasteiger partial charge in [0.05, 0.1) is 0 Å². The second-order valence-corrected chi connectivity index (χ2v) is 4.30. The average molecular weight is 191 g/mol. The minimum atomic E-state index is 0.350. The zero-order chi connectivity index (χ0) is 9.97. The molecule has 0 aliphatic carbocycles. The Balaban J connectivity index is 1.94. The van der Waals surface area contributed by atoms with Crippen molar-refractivity contribution in [1.82, 2.24) is 4.90 Å². The minimum Gasteiger partial charge on any atom is -0.508 e. The van der Waals surface area contributed by atoms with Crippen molar-refractivity contribution in [3.63, 3.8) is 0 Å². The molecule has 1 unspecified atom stereocenters. The maximum atomic E-state index is 9.15. The second-order valence-electron chi connectivity index (χ2n) is 4.30. The average Bonchev–Trinajstić information content (AvgIpc) is 2.56. The standard InChI is InChI=1S/C12H17NO/c1-10-6-7-13(8-10)9-11-2-4-12(14)5-3-11/h2-5,10,14H,6-9H2,1H3. The van der Waals surface area contributed by atoms with Gasteiger partial charge in [-0.15, -0.1) is 0 Å². The molecule has 1 aliphatic heterocycles. The Hall–Kier alpha value is -1.02. The molecule has 1 aliphatic rings. The van der Waals surface area contributed by atoms with E-state index < -0.39 is 0 Å². The molecular formula is C12H17NO. The molecule has 76 valence electrons. The first-order valence-corrected chi connectivity index (χ1v) is 5.24. The van der Waals surface area contributed by atoms with Gasteiger partial charge in [-0.1, -0.05) is 19.1 Å². The number of rotatable bonds is 2. The predicted octanol–water partition coefficient (Wildman–Crippen LogP) is 2.23. The van der Waals surface area contributed by atoms with Crippen molar-refractivity contribution in [2.45, 2.75) is 19.9 Å². The summed E-state index contributed by atoms with van der Waals surface area (Å²) < 4.78 is 0. The molecule has 0 saturated carbocycles. The van der Waals surface area contributed by atoms with Crippen molar-refractivity contribution >= 4 is 0 Å². The Labute approximate surface area is 85.2 Å². The topological polar surface area (TPSA) is 23.5 Å². The van der Waals surface area contributed by atoms with E-state index in [0.717, 1.165) is 12.5 Å². The lowest BCUT2D eigenvalue weighted by atomic mass is 10.2. The van der Waals surface area contributed by atoms with Crippen LogP contribution in [0.15, 0.2) is 24.3 Å². The SMILES string of the molecule is CC1CCN(Cc2ccc(O)cc2)C1. The smallest absolute Gasteiger partial charge is 0.115 e. The lowest BCUT2D eigenvalue weighted by Crippen LogP contribution is -2.19. The third-order valence-electron chi connectivity index (χ3n) is 2.85. The van der Waals surface area contributed by atoms with Gasteiger partial charge in [-0.3, -0.25) is 4.90 Å². The molecule has 0 radical (unpaired) electrons. The number of likely N-dealkylation sites (tertiary alicyclic amines) is 1. The molecule has 2 rings (SSSR count). The Bertz CT molecular complexity index is 294. The van der Waals surface area contributed by atoms with Crippen LogP contribution in [0.2, 0.25) is 0 Å². The van der Waals surface area contributed by atoms with Crippen molar-refractivity contribution in [2.75, 3.05) is 13.1 Å². The van der Waals surface area contributed by atoms with Crippen molar-refractivity contribution in [1.29, 1.82) is 0 Å². The van der Waals surface area contributed by atoms with Crippen LogP contribution < -0.4 is 0 Å². The zero-order valence-corrected chi connectivity index (χ0v) is 8.61. The Morgan fingerprint density at radius 2 is 2.07 bits per heavy atom. The summed E-state index contributed by atoms with van der Waals surface area (Å²) >= 11 is 0. The van der Waals surface area contributed by atoms with Crippen LogP contribution in [0.3, 0.4) is 0 Å². The second kappa shape index (κ2) is 4.01. The third kappa shape index (κ3) is 2.26. The van der Waals surface area contributed by atoms with Crippen LogP contribution in [0, 0.1) is 5.92 Å². The summed E-state index contributed by atoms with van der Waals surface area (Å²) in [5.41, 5.74) is 1.29. The fourth-order valence-corrected chi connectivity index (χ4v) is 2.03. The molecule has 0 aromatic heterocycles. The quantitative estimate of drug-likeness (QED) is 0.775. The van der Waals surface area contributed by atoms with Gasteiger partial charge in [0.25, 0.3) is 0 Å². The monoisotopic (exact) mass is 191 g/mol. The van der Waals surface area contributed by atoms with Crippen molar-refractivity contribution in [2.24, 2.45) is 5.92 Å². The third-order valence-corrected chi connectivity index (χ3v) is 2.85. The summed E-state index contributed by atoms with van der Waals surface area (Å²) in [6.07, 6.45) is 1.32. The van der Waals surface area contributed by atoms with E-state index in [0.29, 0.717) is 5.75 Å². The highest BCUT2D eigenvalue weighted by Gasteiger charge is 2.18. The van der Waals surface area contributed by atoms with E-state index in [4.69, 9.17) is 5.11 Å². The molecule has 1 fully saturated rings. The summed E-state index contributed by atoms with van der Waals surface area (Å²) in [6.45, 7) is 5.74. The summed E-state index contributed by atoms with van der Waals surface area (Å²) in [6, 6.07) is 7.51. The fraction of sp³-hybridized carbons (Fsp3) is 0.500. The Morgan fingerprint density at radius 3 is 2.64 bits per heavy atom. The van der Waals surface area contributed by atoms with Crippen LogP contribution in [0.5, 0.6) is 5.75 Å². The lowest BCUT2D eigenvalue weighted by molar-refractivity contribution is 0.320. The first kappa shape index (κ1) is 9.53. The number of phenols is 1. The van der Waals surface area contributed by atoms with Crippen molar-refractivity contribution < 1.29 is 5.11 Å². The van der Waals surface area contributed by atoms with Gasteiger partial charge < -0.3 is 5.11 Å². The Morgan fingerprint density at radius 1 is 1.36 bits per heavy atom. The number of phenolic OH excluding ortho intramolecular Hbond substituents is 1. The fourth-order valence-electron chi connectivity index (χ4n) is 2.03. The van der Waals surface area contributed by atoms with Gasteiger partial charge in [-0.25, -0.2) is 0 Å². The van der Waals surface area contributed by atoms with Gasteiger partial charge in [0.2, 0.25) is 0 Å². The van der Waals surface area contributed by atoms with Crippen LogP contribution in [0.1, 0.15) is 18.9 Å². The van der Waals surface area contributed by atoms with E-state index in [-0.39, 0.29) is 0 Å². The van der Waals surface area contributed by atoms with E-state index in [1.54, 1.807) is 12.1 Å². The molecule has 0 amide bonds. The summed E-state index contributed by atoms with van der Waals surface area (Å²) in [7, 11) is 0. The first-order chi connectivity index (χ1) is 6.74. The van der Waals surface area contributed by atoms with Crippen LogP contribution in [0.25, 0.3) is 0 Å². The van der Waals surface area contributed by atoms with Gasteiger partial charge in [-0.2, -0.15) is 0 Å². The van der Waals surface area contributed by atoms with Crippen LogP contribution in [-0.2, 0) is 6.54 Å². The lowest BCUT2D eigenvalue weighted by Gasteiger charge is -2.14. The number of nitrogens with zero attached hydrogens (tertiary/aromatic N) is 1. The molecule has 2 heteroatoms. The molecule has 1 heterocycles. The largest absolute Gasteiger partial charge is 0.508 e. The van der Waals surface area contributed by atoms with E-state index >= 15 is 0 Å². The van der Waals surface area contributed by atoms with Crippen LogP contribution in [-0.4, -0.2) is 23.1 Å². The van der Waals surface area contributed by atoms with E-state index in [1.807, 2.05) is 12.1 Å². The van der Waals surface area contributed by atoms with E-state index in [9.17, 15) is 0 Å². The number of hydrogen-bond donors (Lipinski definition) is 1. The zero-order valence-electron chi connectivity index (χ0n) is 8.61. The van der Waals surface area contributed by atoms with E-state index in [2.05, 4.69) is 11.8 Å². The highest BCUT2D eigenvalue weighted by atomic mass is 16.3. The molecule has 14 heavy (non-hydrogen) atoms. The first-order valence-electron chi connectivity index (χ1n) is 5.24. The number of benzene rings is 1. The summed E-state index contributed by atoms with van der Waals surface area (Å²) in [5, 5.41) is 9.15. The van der Waals surface area contributed by atoms with E-state index in [1.165, 1.54) is 25.1 Å². The highest BCUT2D eigenvalue weighted by molar-refractivity contribution is 5.25. The van der Waals surface area contributed by atoms with Crippen LogP contribution >= 0.6 is 0 Å². The summed E-state index contributed by atoms with van der Waals surface area (Å²) in [4.78, 5) is 2.47. The van der Waals surface area contributed by atoms with Gasteiger partial charge in [0.15, 0.2) is 0 Å². The molecule has 1 N–H and O–H groups in total. The Kier molecular flexibility index (Phi) is 2.73. The van der Waals surface area contributed by atoms with Crippen molar-refractivity contribution in [3.8, 4) is 5.75 Å². The van der Waals surface area contributed by atoms with Gasteiger partial charge in [0.1, 0.15) is 5.75 Å². The minimum absolute atomic E-state index is 0.350. The van der Waals surface area contributed by atoms with Gasteiger partial charge >= 0.3 is 0 Å². The van der Waals surface area contributed by atoms with Crippen LogP contribution in [0.4, 0.5) is 0 Å². The number of hydrogen-bond acceptors (Lipinski definition) is 2. The molecular weight excluding hydrogens is 174 g/mol. The molecule has 1 saturated heterocycles. The highest BCUT2D eigenvalue weighted by Crippen LogP contribution is 2.18. The molecule has 1 atom stereocenters.